The van der Waals surface area contributed by atoms with Gasteiger partial charge >= 0.3 is 0 Å². The minimum absolute atomic E-state index is 0.924. The zero-order valence-corrected chi connectivity index (χ0v) is 13.0. The summed E-state index contributed by atoms with van der Waals surface area (Å²) >= 11 is 0. The lowest BCUT2D eigenvalue weighted by Gasteiger charge is -2.28. The summed E-state index contributed by atoms with van der Waals surface area (Å²) in [5, 5.41) is 0. The van der Waals surface area contributed by atoms with Crippen LogP contribution in [0.15, 0.2) is 71.5 Å². The van der Waals surface area contributed by atoms with Gasteiger partial charge in [-0.3, -0.25) is 0 Å². The molecule has 110 valence electrons. The van der Waals surface area contributed by atoms with Gasteiger partial charge in [0.25, 0.3) is 0 Å². The highest BCUT2D eigenvalue weighted by Gasteiger charge is 2.16. The Hall–Kier alpha value is -2.46. The summed E-state index contributed by atoms with van der Waals surface area (Å²) in [5.41, 5.74) is 6.19. The molecule has 0 atom stereocenters. The molecule has 0 saturated heterocycles. The Morgan fingerprint density at radius 3 is 2.45 bits per heavy atom. The van der Waals surface area contributed by atoms with E-state index in [2.05, 4.69) is 60.4 Å². The fourth-order valence-corrected chi connectivity index (χ4v) is 3.01. The molecule has 22 heavy (non-hydrogen) atoms. The topological polar surface area (TPSA) is 3.24 Å². The molecule has 0 aromatic heterocycles. The minimum Gasteiger partial charge on any atom is -0.348 e. The molecule has 0 heterocycles. The highest BCUT2D eigenvalue weighted by molar-refractivity contribution is 5.60. The molecule has 0 radical (unpaired) electrons. The van der Waals surface area contributed by atoms with Crippen LogP contribution in [-0.2, 0) is 0 Å². The van der Waals surface area contributed by atoms with Gasteiger partial charge in [0.15, 0.2) is 0 Å². The van der Waals surface area contributed by atoms with Crippen molar-refractivity contribution in [1.82, 2.24) is 0 Å². The summed E-state index contributed by atoms with van der Waals surface area (Å²) in [4.78, 5) is 2.29. The Kier molecular flexibility index (Phi) is 4.30. The Morgan fingerprint density at radius 2 is 1.77 bits per heavy atom. The molecule has 0 bridgehead atoms. The zero-order chi connectivity index (χ0) is 15.4. The van der Waals surface area contributed by atoms with E-state index in [1.165, 1.54) is 22.5 Å². The van der Waals surface area contributed by atoms with Gasteiger partial charge in [-0.15, -0.1) is 6.42 Å². The molecule has 2 aliphatic rings. The Bertz CT molecular complexity index is 705. The van der Waals surface area contributed by atoms with Gasteiger partial charge < -0.3 is 4.90 Å². The molecule has 0 N–H and O–H groups in total. The van der Waals surface area contributed by atoms with Crippen LogP contribution in [0.4, 0.5) is 5.69 Å². The third kappa shape index (κ3) is 2.92. The molecule has 1 heteroatoms. The minimum atomic E-state index is 0.924. The van der Waals surface area contributed by atoms with E-state index >= 15 is 0 Å². The lowest BCUT2D eigenvalue weighted by Crippen LogP contribution is -2.20. The van der Waals surface area contributed by atoms with E-state index in [9.17, 15) is 0 Å². The predicted molar refractivity (Wildman–Crippen MR) is 94.6 cm³/mol. The highest BCUT2D eigenvalue weighted by Crippen LogP contribution is 2.32. The van der Waals surface area contributed by atoms with Crippen LogP contribution in [0.2, 0.25) is 0 Å². The van der Waals surface area contributed by atoms with Crippen molar-refractivity contribution in [1.29, 1.82) is 0 Å². The molecule has 0 unspecified atom stereocenters. The largest absolute Gasteiger partial charge is 0.348 e. The third-order valence-electron chi connectivity index (χ3n) is 4.28. The molecule has 1 aromatic carbocycles. The zero-order valence-electron chi connectivity index (χ0n) is 13.0. The van der Waals surface area contributed by atoms with E-state index in [1.54, 1.807) is 0 Å². The van der Waals surface area contributed by atoms with Gasteiger partial charge in [-0.2, -0.15) is 0 Å². The Labute approximate surface area is 133 Å². The first-order valence-corrected chi connectivity index (χ1v) is 7.87. The van der Waals surface area contributed by atoms with Crippen LogP contribution in [0.3, 0.4) is 0 Å². The first kappa shape index (κ1) is 14.5. The molecule has 1 nitrogen and oxygen atoms in total. The second-order valence-corrected chi connectivity index (χ2v) is 5.69. The maximum atomic E-state index is 5.44. The number of hydrogen-bond donors (Lipinski definition) is 0. The first-order valence-electron chi connectivity index (χ1n) is 7.87. The smallest absolute Gasteiger partial charge is 0.0406 e. The van der Waals surface area contributed by atoms with Crippen molar-refractivity contribution in [3.63, 3.8) is 0 Å². The quantitative estimate of drug-likeness (QED) is 0.708. The molecule has 0 fully saturated rings. The van der Waals surface area contributed by atoms with Crippen molar-refractivity contribution < 1.29 is 0 Å². The van der Waals surface area contributed by atoms with Crippen LogP contribution in [0.5, 0.6) is 0 Å². The fourth-order valence-electron chi connectivity index (χ4n) is 3.01. The van der Waals surface area contributed by atoms with Crippen molar-refractivity contribution in [3.05, 3.63) is 77.1 Å². The van der Waals surface area contributed by atoms with Gasteiger partial charge in [-0.05, 0) is 55.5 Å². The van der Waals surface area contributed by atoms with E-state index in [0.29, 0.717) is 0 Å². The van der Waals surface area contributed by atoms with Gasteiger partial charge in [-0.25, -0.2) is 0 Å². The maximum Gasteiger partial charge on any atom is 0.0406 e. The number of anilines is 1. The summed E-state index contributed by atoms with van der Waals surface area (Å²) in [6.45, 7) is 0. The third-order valence-corrected chi connectivity index (χ3v) is 4.28. The van der Waals surface area contributed by atoms with Crippen LogP contribution in [-0.4, -0.2) is 7.05 Å². The average molecular weight is 287 g/mol. The fraction of sp³-hybridized carbons (Fsp3) is 0.238. The van der Waals surface area contributed by atoms with Crippen LogP contribution >= 0.6 is 0 Å². The molecular formula is C21H21N. The lowest BCUT2D eigenvalue weighted by atomic mass is 9.92. The average Bonchev–Trinajstić information content (AvgIpc) is 2.62. The highest BCUT2D eigenvalue weighted by atomic mass is 15.1. The summed E-state index contributed by atoms with van der Waals surface area (Å²) < 4.78 is 0. The summed E-state index contributed by atoms with van der Waals surface area (Å²) in [5.74, 6) is 2.67. The summed E-state index contributed by atoms with van der Waals surface area (Å²) in [6.07, 6.45) is 21.3. The van der Waals surface area contributed by atoms with Crippen molar-refractivity contribution in [2.45, 2.75) is 25.7 Å². The number of benzene rings is 1. The first-order chi connectivity index (χ1) is 10.8. The number of allylic oxidation sites excluding steroid dienone is 8. The number of hydrogen-bond acceptors (Lipinski definition) is 1. The van der Waals surface area contributed by atoms with Crippen LogP contribution in [0.1, 0.15) is 31.2 Å². The van der Waals surface area contributed by atoms with Crippen LogP contribution in [0.25, 0.3) is 0 Å². The molecular weight excluding hydrogens is 266 g/mol. The Balaban J connectivity index is 1.96. The predicted octanol–water partition coefficient (Wildman–Crippen LogP) is 4.98. The van der Waals surface area contributed by atoms with Gasteiger partial charge in [0, 0.05) is 29.6 Å². The second kappa shape index (κ2) is 6.54. The molecule has 0 amide bonds. The molecule has 0 saturated carbocycles. The number of rotatable bonds is 3. The van der Waals surface area contributed by atoms with E-state index in [0.717, 1.165) is 31.2 Å². The van der Waals surface area contributed by atoms with Crippen LogP contribution < -0.4 is 4.90 Å². The SMILES string of the molecule is C#Cc1ccc(N(C)C2=C(C3=CCCC=C3)C=CCC2)cc1. The van der Waals surface area contributed by atoms with Gasteiger partial charge in [0.1, 0.15) is 0 Å². The van der Waals surface area contributed by atoms with Crippen molar-refractivity contribution in [2.24, 2.45) is 0 Å². The van der Waals surface area contributed by atoms with Crippen LogP contribution in [0, 0.1) is 12.3 Å². The van der Waals surface area contributed by atoms with E-state index in [-0.39, 0.29) is 0 Å². The van der Waals surface area contributed by atoms with E-state index < -0.39 is 0 Å². The molecule has 0 aliphatic heterocycles. The van der Waals surface area contributed by atoms with Gasteiger partial charge in [0.2, 0.25) is 0 Å². The number of nitrogens with zero attached hydrogens (tertiary/aromatic N) is 1. The molecule has 0 spiro atoms. The monoisotopic (exact) mass is 287 g/mol. The summed E-state index contributed by atoms with van der Waals surface area (Å²) in [7, 11) is 2.15. The number of terminal acetylenes is 1. The van der Waals surface area contributed by atoms with Crippen molar-refractivity contribution >= 4 is 5.69 Å². The molecule has 2 aliphatic carbocycles. The molecule has 3 rings (SSSR count). The second-order valence-electron chi connectivity index (χ2n) is 5.69. The van der Waals surface area contributed by atoms with E-state index in [1.807, 2.05) is 12.1 Å². The normalized spacial score (nSPS) is 17.2. The Morgan fingerprint density at radius 1 is 1.00 bits per heavy atom. The van der Waals surface area contributed by atoms with Crippen molar-refractivity contribution in [2.75, 3.05) is 11.9 Å². The van der Waals surface area contributed by atoms with Crippen molar-refractivity contribution in [3.8, 4) is 12.3 Å². The standard InChI is InChI=1S/C21H21N/c1-3-17-13-15-19(16-14-17)22(2)21-12-8-7-11-20(21)18-9-5-4-6-10-18/h1,5,7,9-11,13-16H,4,6,8,12H2,2H3. The maximum absolute atomic E-state index is 5.44. The van der Waals surface area contributed by atoms with Gasteiger partial charge in [-0.1, -0.05) is 36.3 Å². The van der Waals surface area contributed by atoms with Gasteiger partial charge in [0.05, 0.1) is 0 Å². The molecule has 1 aromatic rings. The lowest BCUT2D eigenvalue weighted by molar-refractivity contribution is 0.878. The summed E-state index contributed by atoms with van der Waals surface area (Å²) in [6, 6.07) is 8.21. The van der Waals surface area contributed by atoms with E-state index in [4.69, 9.17) is 6.42 Å².